The maximum atomic E-state index is 6.23. The zero-order valence-corrected chi connectivity index (χ0v) is 28.6. The van der Waals surface area contributed by atoms with Crippen molar-refractivity contribution in [3.8, 4) is 56.4 Å². The fourth-order valence-electron chi connectivity index (χ4n) is 6.85. The molecule has 10 rings (SSSR count). The first-order valence-electron chi connectivity index (χ1n) is 16.7. The van der Waals surface area contributed by atoms with Crippen LogP contribution in [0.1, 0.15) is 0 Å². The average Bonchev–Trinajstić information content (AvgIpc) is 3.75. The molecule has 51 heavy (non-hydrogen) atoms. The first kappa shape index (κ1) is 29.5. The molecule has 0 radical (unpaired) electrons. The summed E-state index contributed by atoms with van der Waals surface area (Å²) in [6.45, 7) is 0. The van der Waals surface area contributed by atoms with Crippen molar-refractivity contribution in [2.24, 2.45) is 0 Å². The highest BCUT2D eigenvalue weighted by Gasteiger charge is 2.16. The third-order valence-electron chi connectivity index (χ3n) is 9.41. The number of nitrogens with zero attached hydrogens (tertiary/aromatic N) is 3. The fraction of sp³-hybridized carbons (Fsp3) is 0. The Balaban J connectivity index is 1.08. The van der Waals surface area contributed by atoms with Crippen LogP contribution in [0.5, 0.6) is 0 Å². The summed E-state index contributed by atoms with van der Waals surface area (Å²) in [5, 5.41) is 4.27. The van der Waals surface area contributed by atoms with Gasteiger partial charge in [-0.3, -0.25) is 0 Å². The van der Waals surface area contributed by atoms with Gasteiger partial charge in [0.05, 0.1) is 0 Å². The third-order valence-corrected chi connectivity index (χ3v) is 9.90. The highest BCUT2D eigenvalue weighted by molar-refractivity contribution is 9.10. The molecule has 0 spiro atoms. The van der Waals surface area contributed by atoms with Gasteiger partial charge in [0.1, 0.15) is 22.3 Å². The van der Waals surface area contributed by atoms with E-state index in [4.69, 9.17) is 23.8 Å². The van der Waals surface area contributed by atoms with Gasteiger partial charge < -0.3 is 8.83 Å². The Kier molecular flexibility index (Phi) is 6.89. The van der Waals surface area contributed by atoms with Crippen molar-refractivity contribution in [1.82, 2.24) is 15.0 Å². The first-order valence-corrected chi connectivity index (χ1v) is 17.5. The average molecular weight is 721 g/mol. The Morgan fingerprint density at radius 1 is 0.314 bits per heavy atom. The van der Waals surface area contributed by atoms with Crippen LogP contribution in [0.25, 0.3) is 100 Å². The molecule has 0 amide bonds. The van der Waals surface area contributed by atoms with Gasteiger partial charge in [-0.05, 0) is 76.9 Å². The van der Waals surface area contributed by atoms with Gasteiger partial charge in [-0.15, -0.1) is 0 Å². The van der Waals surface area contributed by atoms with Crippen molar-refractivity contribution in [3.05, 3.63) is 162 Å². The molecule has 0 N–H and O–H groups in total. The smallest absolute Gasteiger partial charge is 0.164 e. The van der Waals surface area contributed by atoms with E-state index in [2.05, 4.69) is 119 Å². The summed E-state index contributed by atoms with van der Waals surface area (Å²) in [5.41, 5.74) is 10.4. The van der Waals surface area contributed by atoms with Crippen LogP contribution in [0.15, 0.2) is 171 Å². The summed E-state index contributed by atoms with van der Waals surface area (Å²) in [4.78, 5) is 15.1. The van der Waals surface area contributed by atoms with Crippen molar-refractivity contribution in [2.75, 3.05) is 0 Å². The Bertz CT molecular complexity index is 2810. The molecular formula is C45H26BrN3O2. The lowest BCUT2D eigenvalue weighted by atomic mass is 9.98. The van der Waals surface area contributed by atoms with Gasteiger partial charge in [0.2, 0.25) is 0 Å². The van der Waals surface area contributed by atoms with Gasteiger partial charge in [-0.1, -0.05) is 119 Å². The maximum Gasteiger partial charge on any atom is 0.164 e. The number of halogens is 1. The molecule has 0 saturated carbocycles. The van der Waals surface area contributed by atoms with Crippen molar-refractivity contribution in [2.45, 2.75) is 0 Å². The molecule has 7 aromatic carbocycles. The molecule has 0 unspecified atom stereocenters. The number of rotatable bonds is 5. The highest BCUT2D eigenvalue weighted by atomic mass is 79.9. The molecule has 0 aliphatic heterocycles. The van der Waals surface area contributed by atoms with E-state index in [-0.39, 0.29) is 0 Å². The van der Waals surface area contributed by atoms with Gasteiger partial charge in [0, 0.05) is 42.7 Å². The van der Waals surface area contributed by atoms with Crippen LogP contribution in [0.2, 0.25) is 0 Å². The molecular weight excluding hydrogens is 694 g/mol. The predicted molar refractivity (Wildman–Crippen MR) is 209 cm³/mol. The van der Waals surface area contributed by atoms with Gasteiger partial charge in [0.15, 0.2) is 17.5 Å². The molecule has 0 atom stereocenters. The zero-order chi connectivity index (χ0) is 33.9. The lowest BCUT2D eigenvalue weighted by Crippen LogP contribution is -2.00. The molecule has 0 aliphatic carbocycles. The summed E-state index contributed by atoms with van der Waals surface area (Å²) >= 11 is 3.60. The number of hydrogen-bond acceptors (Lipinski definition) is 5. The summed E-state index contributed by atoms with van der Waals surface area (Å²) in [5.74, 6) is 1.71. The predicted octanol–water partition coefficient (Wildman–Crippen LogP) is 12.8. The van der Waals surface area contributed by atoms with Gasteiger partial charge in [-0.25, -0.2) is 15.0 Å². The maximum absolute atomic E-state index is 6.23. The van der Waals surface area contributed by atoms with Gasteiger partial charge >= 0.3 is 0 Å². The van der Waals surface area contributed by atoms with Crippen molar-refractivity contribution in [1.29, 1.82) is 0 Å². The van der Waals surface area contributed by atoms with Crippen LogP contribution in [0.3, 0.4) is 0 Å². The number of para-hydroxylation sites is 2. The van der Waals surface area contributed by atoms with Crippen LogP contribution < -0.4 is 0 Å². The summed E-state index contributed by atoms with van der Waals surface area (Å²) in [6.07, 6.45) is 0. The molecule has 0 fully saturated rings. The Hall–Kier alpha value is -6.37. The number of fused-ring (bicyclic) bond motifs is 6. The highest BCUT2D eigenvalue weighted by Crippen LogP contribution is 2.35. The largest absolute Gasteiger partial charge is 0.456 e. The second-order valence-electron chi connectivity index (χ2n) is 12.6. The van der Waals surface area contributed by atoms with Gasteiger partial charge in [-0.2, -0.15) is 0 Å². The van der Waals surface area contributed by atoms with Crippen LogP contribution >= 0.6 is 15.9 Å². The minimum absolute atomic E-state index is 0.563. The molecule has 0 aliphatic rings. The normalized spacial score (nSPS) is 11.6. The van der Waals surface area contributed by atoms with Crippen LogP contribution in [-0.4, -0.2) is 15.0 Å². The van der Waals surface area contributed by atoms with E-state index in [1.54, 1.807) is 0 Å². The van der Waals surface area contributed by atoms with Crippen LogP contribution in [-0.2, 0) is 0 Å². The lowest BCUT2D eigenvalue weighted by Gasteiger charge is -2.10. The number of benzene rings is 7. The quantitative estimate of drug-likeness (QED) is 0.177. The second kappa shape index (κ2) is 11.9. The summed E-state index contributed by atoms with van der Waals surface area (Å²) in [6, 6.07) is 53.8. The van der Waals surface area contributed by atoms with Crippen LogP contribution in [0.4, 0.5) is 0 Å². The van der Waals surface area contributed by atoms with E-state index in [9.17, 15) is 0 Å². The zero-order valence-electron chi connectivity index (χ0n) is 27.0. The van der Waals surface area contributed by atoms with Crippen LogP contribution in [0, 0.1) is 0 Å². The van der Waals surface area contributed by atoms with E-state index >= 15 is 0 Å². The summed E-state index contributed by atoms with van der Waals surface area (Å²) < 4.78 is 13.5. The Morgan fingerprint density at radius 2 is 0.745 bits per heavy atom. The summed E-state index contributed by atoms with van der Waals surface area (Å²) in [7, 11) is 0. The van der Waals surface area contributed by atoms with E-state index in [1.165, 1.54) is 0 Å². The van der Waals surface area contributed by atoms with E-state index in [0.717, 1.165) is 87.3 Å². The van der Waals surface area contributed by atoms with Crippen molar-refractivity contribution >= 4 is 59.8 Å². The monoisotopic (exact) mass is 719 g/mol. The molecule has 10 aromatic rings. The first-order chi connectivity index (χ1) is 25.1. The van der Waals surface area contributed by atoms with E-state index in [0.29, 0.717) is 17.5 Å². The SMILES string of the molecule is Brc1cccc(-c2cccc(-c3ccc(-c4nc(-c5ccc6c(c5)oc5ccccc56)nc(-c5ccc6c(c5)oc5ccccc56)n4)cc3)c2)c1. The molecule has 240 valence electrons. The Labute approximate surface area is 301 Å². The molecule has 5 nitrogen and oxygen atoms in total. The standard InChI is InChI=1S/C45H26BrN3O2/c46-34-10-6-9-31(24-34)30-8-5-7-29(23-30)27-15-17-28(18-16-27)43-47-44(32-19-21-37-35-11-1-3-13-39(35)50-41(37)25-32)49-45(48-43)33-20-22-38-36-12-2-4-14-40(36)51-42(38)26-33/h1-26H. The molecule has 3 aromatic heterocycles. The number of hydrogen-bond donors (Lipinski definition) is 0. The van der Waals surface area contributed by atoms with Crippen molar-refractivity contribution in [3.63, 3.8) is 0 Å². The molecule has 6 heteroatoms. The van der Waals surface area contributed by atoms with Crippen molar-refractivity contribution < 1.29 is 8.83 Å². The number of aromatic nitrogens is 3. The lowest BCUT2D eigenvalue weighted by molar-refractivity contribution is 0.668. The second-order valence-corrected chi connectivity index (χ2v) is 13.5. The fourth-order valence-corrected chi connectivity index (χ4v) is 7.25. The molecule has 3 heterocycles. The molecule has 0 bridgehead atoms. The topological polar surface area (TPSA) is 65.0 Å². The van der Waals surface area contributed by atoms with E-state index < -0.39 is 0 Å². The number of furan rings is 2. The minimum atomic E-state index is 0.563. The third kappa shape index (κ3) is 5.28. The minimum Gasteiger partial charge on any atom is -0.456 e. The Morgan fingerprint density at radius 3 is 1.31 bits per heavy atom. The van der Waals surface area contributed by atoms with E-state index in [1.807, 2.05) is 54.6 Å². The van der Waals surface area contributed by atoms with Gasteiger partial charge in [0.25, 0.3) is 0 Å². The molecule has 0 saturated heterocycles.